The summed E-state index contributed by atoms with van der Waals surface area (Å²) in [5, 5.41) is 10.3. The first-order chi connectivity index (χ1) is 17.4. The number of pyridine rings is 3. The molecule has 6 nitrogen and oxygen atoms in total. The third kappa shape index (κ3) is 5.33. The molecule has 0 unspecified atom stereocenters. The SMILES string of the molecule is Cc1cnc(-c2cccc(C(C)(C)O)n2)cc1-n1c(C)cc(OCc2ccc(F)c(C)c2F)c(Br)c1=O. The van der Waals surface area contributed by atoms with Crippen molar-refractivity contribution < 1.29 is 18.6 Å². The molecule has 37 heavy (non-hydrogen) atoms. The molecule has 1 N–H and O–H groups in total. The van der Waals surface area contributed by atoms with Gasteiger partial charge in [0.05, 0.1) is 22.8 Å². The molecule has 9 heteroatoms. The molecule has 3 heterocycles. The average molecular weight is 570 g/mol. The summed E-state index contributed by atoms with van der Waals surface area (Å²) < 4.78 is 35.4. The largest absolute Gasteiger partial charge is 0.487 e. The molecule has 0 aliphatic heterocycles. The van der Waals surface area contributed by atoms with Crippen LogP contribution in [0.25, 0.3) is 17.1 Å². The van der Waals surface area contributed by atoms with Crippen molar-refractivity contribution in [2.75, 3.05) is 0 Å². The number of aliphatic hydroxyl groups is 1. The number of rotatable bonds is 6. The number of halogens is 3. The summed E-state index contributed by atoms with van der Waals surface area (Å²) in [6.07, 6.45) is 1.66. The molecule has 0 bridgehead atoms. The van der Waals surface area contributed by atoms with Gasteiger partial charge in [-0.2, -0.15) is 0 Å². The lowest BCUT2D eigenvalue weighted by Crippen LogP contribution is -2.23. The van der Waals surface area contributed by atoms with Crippen LogP contribution in [-0.2, 0) is 12.2 Å². The van der Waals surface area contributed by atoms with Crippen LogP contribution in [0.15, 0.2) is 57.9 Å². The third-order valence-corrected chi connectivity index (χ3v) is 6.77. The normalized spacial score (nSPS) is 11.6. The number of nitrogens with zero attached hydrogens (tertiary/aromatic N) is 3. The molecule has 0 atom stereocenters. The van der Waals surface area contributed by atoms with E-state index >= 15 is 0 Å². The van der Waals surface area contributed by atoms with Crippen molar-refractivity contribution in [3.63, 3.8) is 0 Å². The van der Waals surface area contributed by atoms with Gasteiger partial charge < -0.3 is 9.84 Å². The Balaban J connectivity index is 1.72. The van der Waals surface area contributed by atoms with E-state index in [4.69, 9.17) is 4.74 Å². The van der Waals surface area contributed by atoms with Crippen LogP contribution in [0.1, 0.15) is 41.9 Å². The Morgan fingerprint density at radius 1 is 1.08 bits per heavy atom. The highest BCUT2D eigenvalue weighted by atomic mass is 79.9. The van der Waals surface area contributed by atoms with Crippen LogP contribution in [0.3, 0.4) is 0 Å². The summed E-state index contributed by atoms with van der Waals surface area (Å²) in [5.74, 6) is -1.06. The first kappa shape index (κ1) is 26.6. The van der Waals surface area contributed by atoms with Crippen molar-refractivity contribution in [3.8, 4) is 22.8 Å². The number of hydrogen-bond donors (Lipinski definition) is 1. The van der Waals surface area contributed by atoms with E-state index in [9.17, 15) is 18.7 Å². The maximum absolute atomic E-state index is 14.4. The first-order valence-electron chi connectivity index (χ1n) is 11.5. The van der Waals surface area contributed by atoms with Crippen LogP contribution in [-0.4, -0.2) is 19.6 Å². The minimum atomic E-state index is -1.12. The van der Waals surface area contributed by atoms with Gasteiger partial charge in [-0.3, -0.25) is 14.3 Å². The lowest BCUT2D eigenvalue weighted by Gasteiger charge is -2.18. The maximum Gasteiger partial charge on any atom is 0.273 e. The Hall–Kier alpha value is -3.43. The van der Waals surface area contributed by atoms with E-state index in [1.165, 1.54) is 23.6 Å². The molecule has 3 aromatic heterocycles. The number of hydrogen-bond acceptors (Lipinski definition) is 5. The molecule has 192 valence electrons. The van der Waals surface area contributed by atoms with Gasteiger partial charge in [0, 0.05) is 29.1 Å². The van der Waals surface area contributed by atoms with E-state index in [1.807, 2.05) is 6.92 Å². The molecule has 4 rings (SSSR count). The molecule has 0 saturated carbocycles. The zero-order valence-corrected chi connectivity index (χ0v) is 22.7. The summed E-state index contributed by atoms with van der Waals surface area (Å²) in [7, 11) is 0. The number of ether oxygens (including phenoxy) is 1. The monoisotopic (exact) mass is 569 g/mol. The molecular weight excluding hydrogens is 544 g/mol. The average Bonchev–Trinajstić information content (AvgIpc) is 2.85. The van der Waals surface area contributed by atoms with Gasteiger partial charge in [-0.15, -0.1) is 0 Å². The third-order valence-electron chi connectivity index (χ3n) is 6.04. The first-order valence-corrected chi connectivity index (χ1v) is 12.3. The zero-order chi connectivity index (χ0) is 27.1. The highest BCUT2D eigenvalue weighted by Crippen LogP contribution is 2.28. The fourth-order valence-electron chi connectivity index (χ4n) is 3.88. The molecular formula is C28H26BrF2N3O3. The summed E-state index contributed by atoms with van der Waals surface area (Å²) in [6, 6.07) is 11.3. The van der Waals surface area contributed by atoms with Crippen molar-refractivity contribution in [3.05, 3.63) is 103 Å². The maximum atomic E-state index is 14.4. The Bertz CT molecular complexity index is 1560. The summed E-state index contributed by atoms with van der Waals surface area (Å²) >= 11 is 3.33. The smallest absolute Gasteiger partial charge is 0.273 e. The predicted octanol–water partition coefficient (Wildman–Crippen LogP) is 6.07. The highest BCUT2D eigenvalue weighted by Gasteiger charge is 2.20. The van der Waals surface area contributed by atoms with Gasteiger partial charge in [0.2, 0.25) is 0 Å². The molecule has 0 amide bonds. The van der Waals surface area contributed by atoms with Crippen LogP contribution in [0.5, 0.6) is 5.75 Å². The van der Waals surface area contributed by atoms with Gasteiger partial charge in [-0.25, -0.2) is 13.8 Å². The van der Waals surface area contributed by atoms with E-state index in [1.54, 1.807) is 57.3 Å². The Morgan fingerprint density at radius 3 is 2.51 bits per heavy atom. The number of benzene rings is 1. The molecule has 0 spiro atoms. The van der Waals surface area contributed by atoms with Gasteiger partial charge in [0.1, 0.15) is 34.1 Å². The van der Waals surface area contributed by atoms with E-state index < -0.39 is 17.2 Å². The van der Waals surface area contributed by atoms with Gasteiger partial charge in [0.25, 0.3) is 5.56 Å². The molecule has 0 fully saturated rings. The van der Waals surface area contributed by atoms with Crippen LogP contribution in [0, 0.1) is 32.4 Å². The lowest BCUT2D eigenvalue weighted by molar-refractivity contribution is 0.0740. The second-order valence-electron chi connectivity index (χ2n) is 9.36. The van der Waals surface area contributed by atoms with E-state index in [-0.39, 0.29) is 33.5 Å². The predicted molar refractivity (Wildman–Crippen MR) is 141 cm³/mol. The number of aryl methyl sites for hydroxylation is 2. The van der Waals surface area contributed by atoms with Crippen LogP contribution in [0.2, 0.25) is 0 Å². The Labute approximate surface area is 221 Å². The number of aromatic nitrogens is 3. The minimum Gasteiger partial charge on any atom is -0.487 e. The summed E-state index contributed by atoms with van der Waals surface area (Å²) in [5.41, 5.74) is 2.15. The molecule has 0 radical (unpaired) electrons. The second kappa shape index (κ2) is 10.1. The summed E-state index contributed by atoms with van der Waals surface area (Å²) in [6.45, 7) is 8.10. The summed E-state index contributed by atoms with van der Waals surface area (Å²) in [4.78, 5) is 22.4. The van der Waals surface area contributed by atoms with Gasteiger partial charge in [0.15, 0.2) is 0 Å². The fraction of sp³-hybridized carbons (Fsp3) is 0.250. The van der Waals surface area contributed by atoms with Crippen molar-refractivity contribution >= 4 is 15.9 Å². The second-order valence-corrected chi connectivity index (χ2v) is 10.2. The minimum absolute atomic E-state index is 0.0849. The molecule has 1 aromatic carbocycles. The van der Waals surface area contributed by atoms with E-state index in [2.05, 4.69) is 25.9 Å². The van der Waals surface area contributed by atoms with Gasteiger partial charge in [-0.1, -0.05) is 6.07 Å². The van der Waals surface area contributed by atoms with Crippen LogP contribution < -0.4 is 10.3 Å². The standard InChI is InChI=1S/C28H26BrF2N3O3/c1-15-13-32-21(20-7-6-8-24(33-20)28(4,5)36)12-22(15)34-16(2)11-23(25(29)27(34)35)37-14-18-9-10-19(30)17(3)26(18)31/h6-13,36H,14H2,1-5H3. The van der Waals surface area contributed by atoms with Crippen LogP contribution in [0.4, 0.5) is 8.78 Å². The van der Waals surface area contributed by atoms with E-state index in [0.717, 1.165) is 5.56 Å². The molecule has 0 aliphatic carbocycles. The highest BCUT2D eigenvalue weighted by molar-refractivity contribution is 9.10. The molecule has 0 saturated heterocycles. The molecule has 0 aliphatic rings. The molecule has 4 aromatic rings. The van der Waals surface area contributed by atoms with Crippen molar-refractivity contribution in [1.82, 2.24) is 14.5 Å². The van der Waals surface area contributed by atoms with Crippen molar-refractivity contribution in [1.29, 1.82) is 0 Å². The van der Waals surface area contributed by atoms with Crippen molar-refractivity contribution in [2.24, 2.45) is 0 Å². The topological polar surface area (TPSA) is 77.2 Å². The van der Waals surface area contributed by atoms with Gasteiger partial charge in [-0.05, 0) is 86.4 Å². The quantitative estimate of drug-likeness (QED) is 0.305. The Morgan fingerprint density at radius 2 is 1.81 bits per heavy atom. The fourth-order valence-corrected chi connectivity index (χ4v) is 4.29. The van der Waals surface area contributed by atoms with Crippen molar-refractivity contribution in [2.45, 2.75) is 46.8 Å². The van der Waals surface area contributed by atoms with E-state index in [0.29, 0.717) is 28.5 Å². The van der Waals surface area contributed by atoms with Crippen LogP contribution >= 0.6 is 15.9 Å². The zero-order valence-electron chi connectivity index (χ0n) is 21.1. The van der Waals surface area contributed by atoms with Gasteiger partial charge >= 0.3 is 0 Å². The Kier molecular flexibility index (Phi) is 7.30. The lowest BCUT2D eigenvalue weighted by atomic mass is 10.0.